The molecular formula is C18H22N2O6S. The predicted molar refractivity (Wildman–Crippen MR) is 95.8 cm³/mol. The van der Waals surface area contributed by atoms with Crippen molar-refractivity contribution in [3.63, 3.8) is 0 Å². The van der Waals surface area contributed by atoms with Gasteiger partial charge in [0.15, 0.2) is 0 Å². The maximum atomic E-state index is 12.9. The van der Waals surface area contributed by atoms with Crippen LogP contribution in [-0.4, -0.2) is 59.1 Å². The van der Waals surface area contributed by atoms with E-state index in [-0.39, 0.29) is 28.6 Å². The van der Waals surface area contributed by atoms with Crippen molar-refractivity contribution < 1.29 is 27.9 Å². The zero-order valence-corrected chi connectivity index (χ0v) is 16.2. The fourth-order valence-corrected chi connectivity index (χ4v) is 5.01. The second-order valence-corrected chi connectivity index (χ2v) is 9.12. The molecule has 0 saturated heterocycles. The average molecular weight is 394 g/mol. The quantitative estimate of drug-likeness (QED) is 0.784. The summed E-state index contributed by atoms with van der Waals surface area (Å²) in [6.45, 7) is 4.79. The van der Waals surface area contributed by atoms with Crippen LogP contribution in [0.2, 0.25) is 0 Å². The largest absolute Gasteiger partial charge is 0.481 e. The molecule has 1 aliphatic carbocycles. The average Bonchev–Trinajstić information content (AvgIpc) is 3.39. The molecule has 1 heterocycles. The van der Waals surface area contributed by atoms with Crippen LogP contribution in [0.3, 0.4) is 0 Å². The van der Waals surface area contributed by atoms with Crippen LogP contribution in [0, 0.1) is 5.92 Å². The van der Waals surface area contributed by atoms with E-state index < -0.39 is 39.8 Å². The molecule has 0 aromatic heterocycles. The Labute approximate surface area is 157 Å². The Morgan fingerprint density at radius 2 is 1.89 bits per heavy atom. The van der Waals surface area contributed by atoms with E-state index in [9.17, 15) is 22.8 Å². The SMILES string of the molecule is CC(CN(C(=O)c1ccc2c(c1)S(=O)(=O)N(C(C)C)C2=O)C1CC1)C(=O)O. The number of benzene rings is 1. The number of carboxylic acid groups (broad SMARTS) is 1. The van der Waals surface area contributed by atoms with Crippen molar-refractivity contribution in [2.75, 3.05) is 6.54 Å². The van der Waals surface area contributed by atoms with Crippen molar-refractivity contribution in [3.05, 3.63) is 29.3 Å². The molecule has 8 nitrogen and oxygen atoms in total. The van der Waals surface area contributed by atoms with Gasteiger partial charge < -0.3 is 10.0 Å². The van der Waals surface area contributed by atoms with Gasteiger partial charge in [0, 0.05) is 24.2 Å². The molecule has 0 spiro atoms. The third-order valence-corrected chi connectivity index (χ3v) is 6.80. The fourth-order valence-electron chi connectivity index (χ4n) is 3.21. The summed E-state index contributed by atoms with van der Waals surface area (Å²) in [5.41, 5.74) is 0.192. The van der Waals surface area contributed by atoms with Crippen molar-refractivity contribution in [3.8, 4) is 0 Å². The van der Waals surface area contributed by atoms with E-state index in [2.05, 4.69) is 0 Å². The van der Waals surface area contributed by atoms with E-state index in [1.165, 1.54) is 30.0 Å². The van der Waals surface area contributed by atoms with Gasteiger partial charge in [-0.3, -0.25) is 14.4 Å². The maximum absolute atomic E-state index is 12.9. The number of carboxylic acids is 1. The molecule has 2 aliphatic rings. The number of rotatable bonds is 6. The monoisotopic (exact) mass is 394 g/mol. The first kappa shape index (κ1) is 19.3. The first-order valence-electron chi connectivity index (χ1n) is 8.82. The highest BCUT2D eigenvalue weighted by Crippen LogP contribution is 2.34. The number of carbonyl (C=O) groups is 3. The summed E-state index contributed by atoms with van der Waals surface area (Å²) in [6.07, 6.45) is 1.59. The molecule has 1 aromatic carbocycles. The van der Waals surface area contributed by atoms with Gasteiger partial charge >= 0.3 is 5.97 Å². The van der Waals surface area contributed by atoms with Crippen molar-refractivity contribution in [1.82, 2.24) is 9.21 Å². The number of carbonyl (C=O) groups excluding carboxylic acids is 2. The smallest absolute Gasteiger partial charge is 0.308 e. The summed E-state index contributed by atoms with van der Waals surface area (Å²) in [6, 6.07) is 3.45. The molecule has 1 atom stereocenters. The summed E-state index contributed by atoms with van der Waals surface area (Å²) >= 11 is 0. The number of sulfonamides is 1. The Bertz CT molecular complexity index is 920. The van der Waals surface area contributed by atoms with Crippen LogP contribution in [0.5, 0.6) is 0 Å². The van der Waals surface area contributed by atoms with Crippen LogP contribution in [0.4, 0.5) is 0 Å². The number of aliphatic carboxylic acids is 1. The lowest BCUT2D eigenvalue weighted by atomic mass is 10.1. The van der Waals surface area contributed by atoms with Crippen molar-refractivity contribution in [1.29, 1.82) is 0 Å². The molecular weight excluding hydrogens is 372 g/mol. The van der Waals surface area contributed by atoms with Crippen LogP contribution in [0.25, 0.3) is 0 Å². The molecule has 9 heteroatoms. The number of hydrogen-bond donors (Lipinski definition) is 1. The van der Waals surface area contributed by atoms with Gasteiger partial charge in [-0.1, -0.05) is 6.92 Å². The lowest BCUT2D eigenvalue weighted by molar-refractivity contribution is -0.141. The van der Waals surface area contributed by atoms with E-state index in [0.29, 0.717) is 0 Å². The Morgan fingerprint density at radius 3 is 2.41 bits per heavy atom. The van der Waals surface area contributed by atoms with Crippen LogP contribution in [0.1, 0.15) is 54.3 Å². The number of nitrogens with zero attached hydrogens (tertiary/aromatic N) is 2. The van der Waals surface area contributed by atoms with Gasteiger partial charge in [0.1, 0.15) is 4.90 Å². The highest BCUT2D eigenvalue weighted by atomic mass is 32.2. The number of hydrogen-bond acceptors (Lipinski definition) is 5. The van der Waals surface area contributed by atoms with E-state index >= 15 is 0 Å². The molecule has 146 valence electrons. The topological polar surface area (TPSA) is 112 Å². The van der Waals surface area contributed by atoms with Crippen molar-refractivity contribution in [2.24, 2.45) is 5.92 Å². The molecule has 1 aromatic rings. The van der Waals surface area contributed by atoms with Crippen molar-refractivity contribution >= 4 is 27.8 Å². The number of amides is 2. The van der Waals surface area contributed by atoms with Gasteiger partial charge in [0.2, 0.25) is 0 Å². The Kier molecular flexibility index (Phi) is 4.75. The first-order valence-corrected chi connectivity index (χ1v) is 10.3. The van der Waals surface area contributed by atoms with E-state index in [1.807, 2.05) is 0 Å². The van der Waals surface area contributed by atoms with Crippen molar-refractivity contribution in [2.45, 2.75) is 50.6 Å². The predicted octanol–water partition coefficient (Wildman–Crippen LogP) is 1.56. The van der Waals surface area contributed by atoms with Gasteiger partial charge in [-0.25, -0.2) is 12.7 Å². The van der Waals surface area contributed by atoms with Crippen LogP contribution in [0.15, 0.2) is 23.1 Å². The van der Waals surface area contributed by atoms with Gasteiger partial charge in [0.25, 0.3) is 21.8 Å². The first-order chi connectivity index (χ1) is 12.6. The molecule has 2 amide bonds. The normalized spacial score (nSPS) is 19.1. The molecule has 1 saturated carbocycles. The highest BCUT2D eigenvalue weighted by Gasteiger charge is 2.43. The zero-order chi connectivity index (χ0) is 20.1. The Morgan fingerprint density at radius 1 is 1.26 bits per heavy atom. The summed E-state index contributed by atoms with van der Waals surface area (Å²) in [4.78, 5) is 37.8. The van der Waals surface area contributed by atoms with Gasteiger partial charge in [-0.2, -0.15) is 0 Å². The number of fused-ring (bicyclic) bond motifs is 1. The van der Waals surface area contributed by atoms with Gasteiger partial charge in [0.05, 0.1) is 11.5 Å². The summed E-state index contributed by atoms with van der Waals surface area (Å²) in [5.74, 6) is -2.74. The molecule has 1 N–H and O–H groups in total. The second kappa shape index (κ2) is 6.63. The Balaban J connectivity index is 1.96. The minimum absolute atomic E-state index is 0.0297. The van der Waals surface area contributed by atoms with E-state index in [4.69, 9.17) is 5.11 Å². The lowest BCUT2D eigenvalue weighted by Crippen LogP contribution is -2.38. The van der Waals surface area contributed by atoms with E-state index in [0.717, 1.165) is 17.1 Å². The minimum Gasteiger partial charge on any atom is -0.481 e. The summed E-state index contributed by atoms with van der Waals surface area (Å²) in [7, 11) is -4.00. The van der Waals surface area contributed by atoms with Gasteiger partial charge in [-0.15, -0.1) is 0 Å². The third-order valence-electron chi connectivity index (χ3n) is 4.81. The molecule has 27 heavy (non-hydrogen) atoms. The molecule has 1 aliphatic heterocycles. The van der Waals surface area contributed by atoms with Crippen LogP contribution >= 0.6 is 0 Å². The Hall–Kier alpha value is -2.42. The van der Waals surface area contributed by atoms with E-state index in [1.54, 1.807) is 13.8 Å². The second-order valence-electron chi connectivity index (χ2n) is 7.34. The highest BCUT2D eigenvalue weighted by molar-refractivity contribution is 7.90. The minimum atomic E-state index is -4.00. The fraction of sp³-hybridized carbons (Fsp3) is 0.500. The van der Waals surface area contributed by atoms with Crippen LogP contribution < -0.4 is 0 Å². The third kappa shape index (κ3) is 3.31. The maximum Gasteiger partial charge on any atom is 0.308 e. The standard InChI is InChI=1S/C18H22N2O6S/c1-10(2)20-17(22)14-7-4-12(8-15(14)27(20,25)26)16(21)19(13-5-6-13)9-11(3)18(23)24/h4,7-8,10-11,13H,5-6,9H2,1-3H3,(H,23,24). The molecule has 1 unspecified atom stereocenters. The molecule has 3 rings (SSSR count). The molecule has 0 bridgehead atoms. The summed E-state index contributed by atoms with van der Waals surface area (Å²) < 4.78 is 26.2. The van der Waals surface area contributed by atoms with Gasteiger partial charge in [-0.05, 0) is 44.9 Å². The zero-order valence-electron chi connectivity index (χ0n) is 15.4. The van der Waals surface area contributed by atoms with Crippen LogP contribution in [-0.2, 0) is 14.8 Å². The molecule has 1 fully saturated rings. The molecule has 0 radical (unpaired) electrons. The lowest BCUT2D eigenvalue weighted by Gasteiger charge is -2.24. The summed E-state index contributed by atoms with van der Waals surface area (Å²) in [5, 5.41) is 9.13.